The highest BCUT2D eigenvalue weighted by atomic mass is 35.5. The fourth-order valence-electron chi connectivity index (χ4n) is 2.41. The molecule has 1 saturated heterocycles. The van der Waals surface area contributed by atoms with E-state index in [0.717, 1.165) is 25.4 Å². The Kier molecular flexibility index (Phi) is 6.89. The van der Waals surface area contributed by atoms with Crippen molar-refractivity contribution in [3.05, 3.63) is 35.4 Å². The number of carbonyl (C=O) groups excluding carboxylic acids is 1. The third kappa shape index (κ3) is 4.84. The van der Waals surface area contributed by atoms with Crippen LogP contribution in [0.2, 0.25) is 0 Å². The van der Waals surface area contributed by atoms with Crippen LogP contribution in [0.3, 0.4) is 0 Å². The minimum absolute atomic E-state index is 0. The zero-order chi connectivity index (χ0) is 12.8. The van der Waals surface area contributed by atoms with E-state index in [9.17, 15) is 4.79 Å². The van der Waals surface area contributed by atoms with E-state index in [4.69, 9.17) is 4.74 Å². The van der Waals surface area contributed by atoms with Crippen molar-refractivity contribution in [2.45, 2.75) is 26.2 Å². The number of ether oxygens (including phenoxy) is 1. The summed E-state index contributed by atoms with van der Waals surface area (Å²) < 4.78 is 4.97. The van der Waals surface area contributed by atoms with Crippen LogP contribution in [0, 0.1) is 5.92 Å². The van der Waals surface area contributed by atoms with Gasteiger partial charge in [-0.25, -0.2) is 4.79 Å². The standard InChI is InChI=1S/C15H21NO2.ClH/c1-2-18-15(17)14-5-3-12(4-6-14)11-13-7-9-16-10-8-13;/h3-6,13,16H,2,7-11H2,1H3;1H. The molecule has 2 rings (SSSR count). The maximum absolute atomic E-state index is 11.5. The summed E-state index contributed by atoms with van der Waals surface area (Å²) in [5, 5.41) is 3.38. The van der Waals surface area contributed by atoms with Crippen LogP contribution in [0.4, 0.5) is 0 Å². The molecule has 1 aromatic rings. The van der Waals surface area contributed by atoms with Gasteiger partial charge in [0.2, 0.25) is 0 Å². The molecule has 1 aliphatic rings. The second-order valence-corrected chi connectivity index (χ2v) is 4.81. The molecule has 0 unspecified atom stereocenters. The molecule has 106 valence electrons. The molecule has 0 bridgehead atoms. The summed E-state index contributed by atoms with van der Waals surface area (Å²) in [6.07, 6.45) is 3.62. The molecular weight excluding hydrogens is 262 g/mol. The van der Waals surface area contributed by atoms with Gasteiger partial charge in [0.05, 0.1) is 12.2 Å². The first-order valence-electron chi connectivity index (χ1n) is 6.76. The molecule has 0 spiro atoms. The Hall–Kier alpha value is -1.06. The summed E-state index contributed by atoms with van der Waals surface area (Å²) in [6, 6.07) is 7.84. The van der Waals surface area contributed by atoms with Crippen LogP contribution in [0.5, 0.6) is 0 Å². The topological polar surface area (TPSA) is 38.3 Å². The highest BCUT2D eigenvalue weighted by Crippen LogP contribution is 2.18. The molecule has 1 heterocycles. The van der Waals surface area contributed by atoms with Crippen LogP contribution in [0.1, 0.15) is 35.7 Å². The van der Waals surface area contributed by atoms with Crippen LogP contribution in [-0.4, -0.2) is 25.7 Å². The van der Waals surface area contributed by atoms with Gasteiger partial charge in [-0.05, 0) is 62.9 Å². The van der Waals surface area contributed by atoms with Crippen molar-refractivity contribution < 1.29 is 9.53 Å². The van der Waals surface area contributed by atoms with E-state index in [2.05, 4.69) is 5.32 Å². The van der Waals surface area contributed by atoms with Crippen LogP contribution in [0.15, 0.2) is 24.3 Å². The van der Waals surface area contributed by atoms with E-state index in [-0.39, 0.29) is 18.4 Å². The molecule has 1 fully saturated rings. The summed E-state index contributed by atoms with van der Waals surface area (Å²) in [4.78, 5) is 11.5. The fourth-order valence-corrected chi connectivity index (χ4v) is 2.41. The lowest BCUT2D eigenvalue weighted by molar-refractivity contribution is 0.0526. The number of hydrogen-bond donors (Lipinski definition) is 1. The van der Waals surface area contributed by atoms with Crippen LogP contribution in [0.25, 0.3) is 0 Å². The van der Waals surface area contributed by atoms with Gasteiger partial charge in [-0.2, -0.15) is 0 Å². The smallest absolute Gasteiger partial charge is 0.338 e. The first-order chi connectivity index (χ1) is 8.79. The van der Waals surface area contributed by atoms with Crippen LogP contribution in [-0.2, 0) is 11.2 Å². The molecule has 0 saturated carbocycles. The van der Waals surface area contributed by atoms with Crippen molar-refractivity contribution in [1.29, 1.82) is 0 Å². The van der Waals surface area contributed by atoms with Gasteiger partial charge in [0, 0.05) is 0 Å². The maximum atomic E-state index is 11.5. The van der Waals surface area contributed by atoms with Crippen LogP contribution < -0.4 is 5.32 Å². The quantitative estimate of drug-likeness (QED) is 0.864. The van der Waals surface area contributed by atoms with Crippen LogP contribution >= 0.6 is 12.4 Å². The van der Waals surface area contributed by atoms with Gasteiger partial charge >= 0.3 is 5.97 Å². The average Bonchev–Trinajstić information content (AvgIpc) is 2.41. The lowest BCUT2D eigenvalue weighted by Crippen LogP contribution is -2.28. The summed E-state index contributed by atoms with van der Waals surface area (Å²) >= 11 is 0. The third-order valence-corrected chi connectivity index (χ3v) is 3.45. The van der Waals surface area contributed by atoms with Gasteiger partial charge in [-0.1, -0.05) is 12.1 Å². The molecule has 1 aromatic carbocycles. The highest BCUT2D eigenvalue weighted by molar-refractivity contribution is 5.89. The van der Waals surface area contributed by atoms with E-state index in [0.29, 0.717) is 12.2 Å². The molecule has 0 atom stereocenters. The normalized spacial score (nSPS) is 15.6. The molecule has 0 amide bonds. The predicted molar refractivity (Wildman–Crippen MR) is 78.9 cm³/mol. The Balaban J connectivity index is 0.00000180. The van der Waals surface area contributed by atoms with E-state index in [1.54, 1.807) is 0 Å². The van der Waals surface area contributed by atoms with Crippen molar-refractivity contribution >= 4 is 18.4 Å². The van der Waals surface area contributed by atoms with Gasteiger partial charge in [0.1, 0.15) is 0 Å². The van der Waals surface area contributed by atoms with E-state index in [1.165, 1.54) is 18.4 Å². The SMILES string of the molecule is CCOC(=O)c1ccc(CC2CCNCC2)cc1.Cl. The Bertz CT molecular complexity index is 386. The minimum Gasteiger partial charge on any atom is -0.462 e. The molecule has 1 aliphatic heterocycles. The molecule has 0 aliphatic carbocycles. The molecular formula is C15H22ClNO2. The third-order valence-electron chi connectivity index (χ3n) is 3.45. The molecule has 4 heteroatoms. The molecule has 3 nitrogen and oxygen atoms in total. The largest absolute Gasteiger partial charge is 0.462 e. The second-order valence-electron chi connectivity index (χ2n) is 4.81. The Morgan fingerprint density at radius 1 is 1.26 bits per heavy atom. The Morgan fingerprint density at radius 2 is 1.89 bits per heavy atom. The van der Waals surface area contributed by atoms with E-state index >= 15 is 0 Å². The van der Waals surface area contributed by atoms with Gasteiger partial charge < -0.3 is 10.1 Å². The van der Waals surface area contributed by atoms with Crippen molar-refractivity contribution in [2.24, 2.45) is 5.92 Å². The highest BCUT2D eigenvalue weighted by Gasteiger charge is 2.13. The number of halogens is 1. The molecule has 1 N–H and O–H groups in total. The second kappa shape index (κ2) is 8.18. The van der Waals surface area contributed by atoms with E-state index in [1.807, 2.05) is 31.2 Å². The Labute approximate surface area is 121 Å². The van der Waals surface area contributed by atoms with Crippen molar-refractivity contribution in [3.8, 4) is 0 Å². The summed E-state index contributed by atoms with van der Waals surface area (Å²) in [5.74, 6) is 0.547. The predicted octanol–water partition coefficient (Wildman–Crippen LogP) is 2.83. The van der Waals surface area contributed by atoms with Crippen molar-refractivity contribution in [2.75, 3.05) is 19.7 Å². The number of esters is 1. The average molecular weight is 284 g/mol. The minimum atomic E-state index is -0.231. The van der Waals surface area contributed by atoms with Gasteiger partial charge in [0.15, 0.2) is 0 Å². The summed E-state index contributed by atoms with van der Waals surface area (Å²) in [7, 11) is 0. The number of carbonyl (C=O) groups is 1. The molecule has 0 radical (unpaired) electrons. The molecule has 19 heavy (non-hydrogen) atoms. The van der Waals surface area contributed by atoms with Gasteiger partial charge in [0.25, 0.3) is 0 Å². The van der Waals surface area contributed by atoms with Gasteiger partial charge in [-0.3, -0.25) is 0 Å². The number of rotatable bonds is 4. The zero-order valence-corrected chi connectivity index (χ0v) is 12.2. The number of piperidine rings is 1. The first kappa shape index (κ1) is 16.0. The first-order valence-corrected chi connectivity index (χ1v) is 6.76. The number of hydrogen-bond acceptors (Lipinski definition) is 3. The van der Waals surface area contributed by atoms with Gasteiger partial charge in [-0.15, -0.1) is 12.4 Å². The van der Waals surface area contributed by atoms with Crippen molar-refractivity contribution in [3.63, 3.8) is 0 Å². The summed E-state index contributed by atoms with van der Waals surface area (Å²) in [5.41, 5.74) is 1.96. The molecule has 0 aromatic heterocycles. The lowest BCUT2D eigenvalue weighted by Gasteiger charge is -2.22. The number of benzene rings is 1. The number of nitrogens with one attached hydrogen (secondary N) is 1. The summed E-state index contributed by atoms with van der Waals surface area (Å²) in [6.45, 7) is 4.51. The van der Waals surface area contributed by atoms with E-state index < -0.39 is 0 Å². The zero-order valence-electron chi connectivity index (χ0n) is 11.4. The Morgan fingerprint density at radius 3 is 2.47 bits per heavy atom. The van der Waals surface area contributed by atoms with Crippen molar-refractivity contribution in [1.82, 2.24) is 5.32 Å². The maximum Gasteiger partial charge on any atom is 0.338 e. The monoisotopic (exact) mass is 283 g/mol. The lowest BCUT2D eigenvalue weighted by atomic mass is 9.91. The fraction of sp³-hybridized carbons (Fsp3) is 0.533.